The van der Waals surface area contributed by atoms with E-state index in [1.807, 2.05) is 0 Å². The highest BCUT2D eigenvalue weighted by atomic mass is 35.5. The SMILES string of the molecule is COc1nc(Cl)c(C(=O)c2c(F)c(F)c(F)c(F)c2F)c(OC)n1. The van der Waals surface area contributed by atoms with E-state index in [1.165, 1.54) is 0 Å². The highest BCUT2D eigenvalue weighted by Gasteiger charge is 2.33. The molecule has 0 atom stereocenters. The molecular formula is C13H6ClF5N2O3. The molecule has 0 radical (unpaired) electrons. The number of carbonyl (C=O) groups excluding carboxylic acids is 1. The van der Waals surface area contributed by atoms with Crippen LogP contribution in [-0.2, 0) is 0 Å². The average molecular weight is 369 g/mol. The summed E-state index contributed by atoms with van der Waals surface area (Å²) in [4.78, 5) is 19.3. The van der Waals surface area contributed by atoms with Crippen LogP contribution in [0.5, 0.6) is 11.9 Å². The van der Waals surface area contributed by atoms with Crippen LogP contribution in [0, 0.1) is 29.1 Å². The minimum atomic E-state index is -2.40. The Hall–Kier alpha value is -2.49. The van der Waals surface area contributed by atoms with E-state index in [1.54, 1.807) is 0 Å². The number of aromatic nitrogens is 2. The number of hydrogen-bond acceptors (Lipinski definition) is 5. The van der Waals surface area contributed by atoms with Crippen molar-refractivity contribution in [1.29, 1.82) is 0 Å². The molecule has 1 heterocycles. The van der Waals surface area contributed by atoms with Crippen molar-refractivity contribution in [3.05, 3.63) is 45.4 Å². The van der Waals surface area contributed by atoms with Crippen molar-refractivity contribution < 1.29 is 36.2 Å². The molecule has 0 spiro atoms. The molecule has 128 valence electrons. The van der Waals surface area contributed by atoms with Gasteiger partial charge in [0.2, 0.25) is 17.5 Å². The summed E-state index contributed by atoms with van der Waals surface area (Å²) in [6, 6.07) is -0.342. The van der Waals surface area contributed by atoms with E-state index >= 15 is 0 Å². The van der Waals surface area contributed by atoms with Crippen LogP contribution >= 0.6 is 11.6 Å². The maximum Gasteiger partial charge on any atom is 0.320 e. The summed E-state index contributed by atoms with van der Waals surface area (Å²) < 4.78 is 76.5. The summed E-state index contributed by atoms with van der Waals surface area (Å²) in [5.41, 5.74) is -2.50. The number of nitrogens with zero attached hydrogens (tertiary/aromatic N) is 2. The molecule has 1 aromatic heterocycles. The van der Waals surface area contributed by atoms with E-state index in [-0.39, 0.29) is 6.01 Å². The summed E-state index contributed by atoms with van der Waals surface area (Å²) in [7, 11) is 2.20. The summed E-state index contributed by atoms with van der Waals surface area (Å²) in [6.45, 7) is 0. The second kappa shape index (κ2) is 6.56. The van der Waals surface area contributed by atoms with Gasteiger partial charge in [-0.25, -0.2) is 22.0 Å². The van der Waals surface area contributed by atoms with Crippen LogP contribution in [0.4, 0.5) is 22.0 Å². The van der Waals surface area contributed by atoms with Crippen LogP contribution in [0.2, 0.25) is 5.15 Å². The second-order valence-corrected chi connectivity index (χ2v) is 4.52. The number of benzene rings is 1. The van der Waals surface area contributed by atoms with Crippen LogP contribution in [0.1, 0.15) is 15.9 Å². The van der Waals surface area contributed by atoms with Crippen LogP contribution in [0.25, 0.3) is 0 Å². The van der Waals surface area contributed by atoms with Gasteiger partial charge in [0, 0.05) is 0 Å². The lowest BCUT2D eigenvalue weighted by Crippen LogP contribution is -2.16. The quantitative estimate of drug-likeness (QED) is 0.273. The molecule has 1 aromatic carbocycles. The number of halogens is 6. The Morgan fingerprint density at radius 1 is 0.833 bits per heavy atom. The molecular weight excluding hydrogens is 363 g/mol. The van der Waals surface area contributed by atoms with Crippen molar-refractivity contribution in [1.82, 2.24) is 9.97 Å². The predicted molar refractivity (Wildman–Crippen MR) is 69.8 cm³/mol. The highest BCUT2D eigenvalue weighted by molar-refractivity contribution is 6.34. The summed E-state index contributed by atoms with van der Waals surface area (Å²) in [6.07, 6.45) is 0. The van der Waals surface area contributed by atoms with Gasteiger partial charge >= 0.3 is 6.01 Å². The first-order valence-electron chi connectivity index (χ1n) is 5.96. The summed E-state index contributed by atoms with van der Waals surface area (Å²) in [5.74, 6) is -13.8. The number of ether oxygens (including phenoxy) is 2. The van der Waals surface area contributed by atoms with Gasteiger partial charge in [-0.3, -0.25) is 4.79 Å². The monoisotopic (exact) mass is 368 g/mol. The molecule has 0 saturated heterocycles. The zero-order valence-electron chi connectivity index (χ0n) is 11.9. The van der Waals surface area contributed by atoms with Crippen LogP contribution in [0.15, 0.2) is 0 Å². The van der Waals surface area contributed by atoms with Crippen molar-refractivity contribution in [2.24, 2.45) is 0 Å². The smallest absolute Gasteiger partial charge is 0.320 e. The van der Waals surface area contributed by atoms with Gasteiger partial charge < -0.3 is 9.47 Å². The van der Waals surface area contributed by atoms with Gasteiger partial charge in [-0.15, -0.1) is 0 Å². The highest BCUT2D eigenvalue weighted by Crippen LogP contribution is 2.31. The third-order valence-corrected chi connectivity index (χ3v) is 3.12. The Kier molecular flexibility index (Phi) is 4.88. The van der Waals surface area contributed by atoms with Crippen molar-refractivity contribution in [3.63, 3.8) is 0 Å². The van der Waals surface area contributed by atoms with Gasteiger partial charge in [0.25, 0.3) is 0 Å². The topological polar surface area (TPSA) is 61.3 Å². The zero-order valence-corrected chi connectivity index (χ0v) is 12.6. The van der Waals surface area contributed by atoms with Crippen molar-refractivity contribution in [3.8, 4) is 11.9 Å². The molecule has 0 aliphatic carbocycles. The molecule has 0 unspecified atom stereocenters. The normalized spacial score (nSPS) is 10.7. The number of carbonyl (C=O) groups is 1. The fraction of sp³-hybridized carbons (Fsp3) is 0.154. The Morgan fingerprint density at radius 3 is 1.79 bits per heavy atom. The minimum Gasteiger partial charge on any atom is -0.480 e. The van der Waals surface area contributed by atoms with E-state index in [4.69, 9.17) is 16.3 Å². The number of methoxy groups -OCH3 is 2. The van der Waals surface area contributed by atoms with Crippen LogP contribution in [0.3, 0.4) is 0 Å². The van der Waals surface area contributed by atoms with E-state index in [9.17, 15) is 26.7 Å². The molecule has 0 N–H and O–H groups in total. The van der Waals surface area contributed by atoms with Gasteiger partial charge in [-0.2, -0.15) is 9.97 Å². The number of rotatable bonds is 4. The lowest BCUT2D eigenvalue weighted by molar-refractivity contribution is 0.102. The van der Waals surface area contributed by atoms with Crippen molar-refractivity contribution >= 4 is 17.4 Å². The molecule has 2 rings (SSSR count). The zero-order chi connectivity index (χ0) is 18.2. The maximum absolute atomic E-state index is 13.8. The van der Waals surface area contributed by atoms with E-state index in [0.29, 0.717) is 0 Å². The standard InChI is InChI=1S/C13H6ClF5N2O3/c1-23-12-4(11(14)20-13(21-12)24-2)10(22)3-5(15)7(17)9(19)8(18)6(3)16/h1-2H3. The van der Waals surface area contributed by atoms with Crippen molar-refractivity contribution in [2.75, 3.05) is 14.2 Å². The van der Waals surface area contributed by atoms with E-state index in [0.717, 1.165) is 14.2 Å². The average Bonchev–Trinajstić information content (AvgIpc) is 2.57. The molecule has 2 aromatic rings. The maximum atomic E-state index is 13.8. The van der Waals surface area contributed by atoms with Gasteiger partial charge in [0.1, 0.15) is 11.1 Å². The predicted octanol–water partition coefficient (Wildman–Crippen LogP) is 3.07. The summed E-state index contributed by atoms with van der Waals surface area (Å²) in [5, 5.41) is -0.660. The lowest BCUT2D eigenvalue weighted by atomic mass is 10.0. The second-order valence-electron chi connectivity index (χ2n) is 4.16. The molecule has 0 fully saturated rings. The van der Waals surface area contributed by atoms with Crippen molar-refractivity contribution in [2.45, 2.75) is 0 Å². The van der Waals surface area contributed by atoms with Gasteiger partial charge in [0.05, 0.1) is 14.2 Å². The molecule has 0 aliphatic rings. The molecule has 0 bridgehead atoms. The summed E-state index contributed by atoms with van der Waals surface area (Å²) >= 11 is 5.71. The fourth-order valence-electron chi connectivity index (χ4n) is 1.75. The third kappa shape index (κ3) is 2.73. The molecule has 24 heavy (non-hydrogen) atoms. The molecule has 0 saturated carbocycles. The lowest BCUT2D eigenvalue weighted by Gasteiger charge is -2.11. The first kappa shape index (κ1) is 17.9. The molecule has 0 aliphatic heterocycles. The van der Waals surface area contributed by atoms with Gasteiger partial charge in [-0.05, 0) is 0 Å². The van der Waals surface area contributed by atoms with E-state index in [2.05, 4.69) is 14.7 Å². The third-order valence-electron chi connectivity index (χ3n) is 2.85. The van der Waals surface area contributed by atoms with E-state index < -0.39 is 57.0 Å². The first-order chi connectivity index (χ1) is 11.2. The van der Waals surface area contributed by atoms with Gasteiger partial charge in [0.15, 0.2) is 28.4 Å². The molecule has 11 heteroatoms. The Bertz CT molecular complexity index is 818. The minimum absolute atomic E-state index is 0.342. The Balaban J connectivity index is 2.76. The fourth-order valence-corrected chi connectivity index (χ4v) is 1.99. The van der Waals surface area contributed by atoms with Crippen LogP contribution in [-0.4, -0.2) is 30.0 Å². The molecule has 0 amide bonds. The van der Waals surface area contributed by atoms with Crippen LogP contribution < -0.4 is 9.47 Å². The largest absolute Gasteiger partial charge is 0.480 e. The first-order valence-corrected chi connectivity index (χ1v) is 6.34. The number of ketones is 1. The Labute approximate surface area is 136 Å². The van der Waals surface area contributed by atoms with Gasteiger partial charge in [-0.1, -0.05) is 11.6 Å². The molecule has 5 nitrogen and oxygen atoms in total. The number of hydrogen-bond donors (Lipinski definition) is 0. The Morgan fingerprint density at radius 2 is 1.33 bits per heavy atom.